The fourth-order valence-electron chi connectivity index (χ4n) is 1.51. The summed E-state index contributed by atoms with van der Waals surface area (Å²) in [5.41, 5.74) is -0.384. The molecule has 0 heterocycles. The number of rotatable bonds is 5. The highest BCUT2D eigenvalue weighted by molar-refractivity contribution is 6.30. The number of hydrogen-bond donors (Lipinski definition) is 0. The van der Waals surface area contributed by atoms with Crippen LogP contribution < -0.4 is 0 Å². The molecule has 1 atom stereocenters. The summed E-state index contributed by atoms with van der Waals surface area (Å²) in [4.78, 5) is 13.1. The van der Waals surface area contributed by atoms with Gasteiger partial charge in [0, 0.05) is 20.7 Å². The molecule has 1 rings (SSSR count). The molecule has 0 saturated carbocycles. The number of methoxy groups -OCH3 is 1. The average Bonchev–Trinajstić information content (AvgIpc) is 2.33. The van der Waals surface area contributed by atoms with Crippen molar-refractivity contribution in [2.45, 2.75) is 5.38 Å². The number of ether oxygens (including phenoxy) is 1. The molecule has 0 aliphatic carbocycles. The van der Waals surface area contributed by atoms with Crippen molar-refractivity contribution < 1.29 is 18.3 Å². The molecule has 3 nitrogen and oxygen atoms in total. The van der Waals surface area contributed by atoms with Crippen LogP contribution in [0.2, 0.25) is 5.02 Å². The molecular formula is C12H13Cl2F2NO2. The molecular weight excluding hydrogens is 299 g/mol. The van der Waals surface area contributed by atoms with E-state index in [0.717, 1.165) is 12.1 Å². The van der Waals surface area contributed by atoms with Gasteiger partial charge in [-0.3, -0.25) is 4.79 Å². The van der Waals surface area contributed by atoms with Gasteiger partial charge >= 0.3 is 0 Å². The third-order valence-electron chi connectivity index (χ3n) is 2.41. The van der Waals surface area contributed by atoms with Crippen LogP contribution in [0.1, 0.15) is 10.4 Å². The standard InChI is InChI=1S/C12H13Cl2F2NO2/c1-17(5-7(13)6-19-2)12(18)8-3-11(16)9(14)4-10(8)15/h3-4,7H,5-6H2,1-2H3. The fourth-order valence-corrected chi connectivity index (χ4v) is 1.99. The minimum atomic E-state index is -0.874. The predicted octanol–water partition coefficient (Wildman–Crippen LogP) is 2.94. The SMILES string of the molecule is COCC(Cl)CN(C)C(=O)c1cc(F)c(Cl)cc1F. The minimum absolute atomic E-state index is 0.151. The maximum absolute atomic E-state index is 13.6. The summed E-state index contributed by atoms with van der Waals surface area (Å²) in [5.74, 6) is -2.39. The molecule has 0 bridgehead atoms. The first-order valence-electron chi connectivity index (χ1n) is 5.39. The zero-order valence-electron chi connectivity index (χ0n) is 10.4. The van der Waals surface area contributed by atoms with Crippen LogP contribution in [0.3, 0.4) is 0 Å². The van der Waals surface area contributed by atoms with E-state index in [0.29, 0.717) is 0 Å². The van der Waals surface area contributed by atoms with Crippen LogP contribution in [0.15, 0.2) is 12.1 Å². The first-order chi connectivity index (χ1) is 8.86. The van der Waals surface area contributed by atoms with E-state index in [1.54, 1.807) is 0 Å². The van der Waals surface area contributed by atoms with Crippen LogP contribution in [0.25, 0.3) is 0 Å². The maximum Gasteiger partial charge on any atom is 0.256 e. The molecule has 0 N–H and O–H groups in total. The molecule has 1 aromatic carbocycles. The van der Waals surface area contributed by atoms with E-state index in [1.807, 2.05) is 0 Å². The summed E-state index contributed by atoms with van der Waals surface area (Å²) < 4.78 is 31.6. The molecule has 1 amide bonds. The third-order valence-corrected chi connectivity index (χ3v) is 2.96. The van der Waals surface area contributed by atoms with Gasteiger partial charge in [0.15, 0.2) is 0 Å². The summed E-state index contributed by atoms with van der Waals surface area (Å²) in [5, 5.41) is -0.800. The quantitative estimate of drug-likeness (QED) is 0.618. The first-order valence-corrected chi connectivity index (χ1v) is 6.21. The van der Waals surface area contributed by atoms with Crippen LogP contribution in [0.5, 0.6) is 0 Å². The zero-order chi connectivity index (χ0) is 14.6. The molecule has 19 heavy (non-hydrogen) atoms. The van der Waals surface area contributed by atoms with Crippen molar-refractivity contribution in [2.24, 2.45) is 0 Å². The maximum atomic E-state index is 13.6. The number of nitrogens with zero attached hydrogens (tertiary/aromatic N) is 1. The molecule has 1 aromatic rings. The second kappa shape index (κ2) is 7.03. The Morgan fingerprint density at radius 2 is 2.05 bits per heavy atom. The van der Waals surface area contributed by atoms with Crippen molar-refractivity contribution in [2.75, 3.05) is 27.3 Å². The van der Waals surface area contributed by atoms with Crippen LogP contribution >= 0.6 is 23.2 Å². The number of halogens is 4. The Balaban J connectivity index is 2.85. The first kappa shape index (κ1) is 16.1. The summed E-state index contributed by atoms with van der Waals surface area (Å²) in [6, 6.07) is 1.54. The largest absolute Gasteiger partial charge is 0.383 e. The molecule has 0 aromatic heterocycles. The molecule has 0 aliphatic rings. The van der Waals surface area contributed by atoms with Gasteiger partial charge in [0.1, 0.15) is 11.6 Å². The van der Waals surface area contributed by atoms with Gasteiger partial charge in [0.05, 0.1) is 22.6 Å². The van der Waals surface area contributed by atoms with Gasteiger partial charge in [0.2, 0.25) is 0 Å². The van der Waals surface area contributed by atoms with Crippen molar-refractivity contribution in [3.05, 3.63) is 34.4 Å². The Bertz CT molecular complexity index is 471. The number of amides is 1. The summed E-state index contributed by atoms with van der Waals surface area (Å²) in [7, 11) is 2.92. The lowest BCUT2D eigenvalue weighted by Gasteiger charge is -2.20. The fraction of sp³-hybridized carbons (Fsp3) is 0.417. The summed E-state index contributed by atoms with van der Waals surface area (Å²) >= 11 is 11.3. The van der Waals surface area contributed by atoms with Crippen LogP contribution in [-0.4, -0.2) is 43.5 Å². The molecule has 1 unspecified atom stereocenters. The van der Waals surface area contributed by atoms with Crippen LogP contribution in [0, 0.1) is 11.6 Å². The molecule has 0 aliphatic heterocycles. The monoisotopic (exact) mass is 311 g/mol. The van der Waals surface area contributed by atoms with E-state index >= 15 is 0 Å². The number of benzene rings is 1. The Labute approximate surface area is 120 Å². The molecule has 0 fully saturated rings. The van der Waals surface area contributed by atoms with Gasteiger partial charge < -0.3 is 9.64 Å². The second-order valence-corrected chi connectivity index (χ2v) is 5.01. The lowest BCUT2D eigenvalue weighted by atomic mass is 10.1. The number of hydrogen-bond acceptors (Lipinski definition) is 2. The predicted molar refractivity (Wildman–Crippen MR) is 69.8 cm³/mol. The zero-order valence-corrected chi connectivity index (χ0v) is 11.9. The number of carbonyl (C=O) groups is 1. The Morgan fingerprint density at radius 3 is 2.63 bits per heavy atom. The van der Waals surface area contributed by atoms with E-state index in [1.165, 1.54) is 19.1 Å². The van der Waals surface area contributed by atoms with Crippen molar-refractivity contribution >= 4 is 29.1 Å². The highest BCUT2D eigenvalue weighted by atomic mass is 35.5. The molecule has 0 saturated heterocycles. The van der Waals surface area contributed by atoms with Gasteiger partial charge in [0.25, 0.3) is 5.91 Å². The summed E-state index contributed by atoms with van der Waals surface area (Å²) in [6.07, 6.45) is 0. The van der Waals surface area contributed by atoms with Gasteiger partial charge in [-0.1, -0.05) is 11.6 Å². The Morgan fingerprint density at radius 1 is 1.42 bits per heavy atom. The van der Waals surface area contributed by atoms with Gasteiger partial charge in [-0.05, 0) is 12.1 Å². The smallest absolute Gasteiger partial charge is 0.256 e. The van der Waals surface area contributed by atoms with Gasteiger partial charge in [-0.25, -0.2) is 8.78 Å². The molecule has 0 radical (unpaired) electrons. The van der Waals surface area contributed by atoms with E-state index in [4.69, 9.17) is 27.9 Å². The van der Waals surface area contributed by atoms with E-state index in [-0.39, 0.29) is 23.7 Å². The lowest BCUT2D eigenvalue weighted by Crippen LogP contribution is -2.34. The Kier molecular flexibility index (Phi) is 5.97. The van der Waals surface area contributed by atoms with E-state index in [9.17, 15) is 13.6 Å². The third kappa shape index (κ3) is 4.30. The number of alkyl halides is 1. The van der Waals surface area contributed by atoms with Gasteiger partial charge in [-0.2, -0.15) is 0 Å². The molecule has 0 spiro atoms. The highest BCUT2D eigenvalue weighted by Gasteiger charge is 2.20. The highest BCUT2D eigenvalue weighted by Crippen LogP contribution is 2.20. The molecule has 106 valence electrons. The van der Waals surface area contributed by atoms with Gasteiger partial charge in [-0.15, -0.1) is 11.6 Å². The van der Waals surface area contributed by atoms with Crippen molar-refractivity contribution in [1.82, 2.24) is 4.90 Å². The average molecular weight is 312 g/mol. The second-order valence-electron chi connectivity index (χ2n) is 3.98. The summed E-state index contributed by atoms with van der Waals surface area (Å²) in [6.45, 7) is 0.397. The Hall–Kier alpha value is -0.910. The van der Waals surface area contributed by atoms with Crippen LogP contribution in [0.4, 0.5) is 8.78 Å². The van der Waals surface area contributed by atoms with Crippen LogP contribution in [-0.2, 0) is 4.74 Å². The minimum Gasteiger partial charge on any atom is -0.383 e. The van der Waals surface area contributed by atoms with Crippen molar-refractivity contribution in [3.8, 4) is 0 Å². The molecule has 7 heteroatoms. The van der Waals surface area contributed by atoms with Crippen molar-refractivity contribution in [1.29, 1.82) is 0 Å². The van der Waals surface area contributed by atoms with E-state index in [2.05, 4.69) is 0 Å². The number of carbonyl (C=O) groups excluding carboxylic acids is 1. The van der Waals surface area contributed by atoms with Crippen molar-refractivity contribution in [3.63, 3.8) is 0 Å². The lowest BCUT2D eigenvalue weighted by molar-refractivity contribution is 0.0776. The topological polar surface area (TPSA) is 29.5 Å². The van der Waals surface area contributed by atoms with E-state index < -0.39 is 22.9 Å². The normalized spacial score (nSPS) is 12.3.